The van der Waals surface area contributed by atoms with Crippen molar-refractivity contribution in [2.45, 2.75) is 6.42 Å². The number of thiocarbonyl (C=S) groups is 1. The minimum atomic E-state index is -3.82. The van der Waals surface area contributed by atoms with Crippen LogP contribution >= 0.6 is 24.0 Å². The summed E-state index contributed by atoms with van der Waals surface area (Å²) in [6.07, 6.45) is 0.362. The number of rotatable bonds is 4. The van der Waals surface area contributed by atoms with Crippen molar-refractivity contribution < 1.29 is 13.0 Å². The fourth-order valence-corrected chi connectivity index (χ4v) is 1.85. The summed E-state index contributed by atoms with van der Waals surface area (Å²) < 4.78 is 28.9. The van der Waals surface area contributed by atoms with E-state index in [4.69, 9.17) is 10.3 Å². The van der Waals surface area contributed by atoms with E-state index in [2.05, 4.69) is 12.2 Å². The lowest BCUT2D eigenvalue weighted by atomic mass is 10.6. The summed E-state index contributed by atoms with van der Waals surface area (Å²) in [6, 6.07) is 0. The first-order valence-electron chi connectivity index (χ1n) is 2.79. The highest BCUT2D eigenvalue weighted by Gasteiger charge is 2.03. The first-order chi connectivity index (χ1) is 4.92. The first-order valence-corrected chi connectivity index (χ1v) is 5.79. The monoisotopic (exact) mass is 215 g/mol. The van der Waals surface area contributed by atoms with Gasteiger partial charge in [-0.15, -0.1) is 0 Å². The Balaban J connectivity index is 3.37. The van der Waals surface area contributed by atoms with Gasteiger partial charge in [-0.1, -0.05) is 24.0 Å². The highest BCUT2D eigenvalue weighted by molar-refractivity contribution is 8.22. The molecule has 0 heterocycles. The van der Waals surface area contributed by atoms with Crippen LogP contribution in [0, 0.1) is 0 Å². The van der Waals surface area contributed by atoms with Gasteiger partial charge in [-0.25, -0.2) is 0 Å². The summed E-state index contributed by atoms with van der Waals surface area (Å²) in [5.74, 6) is 0.289. The second-order valence-corrected chi connectivity index (χ2v) is 5.21. The average Bonchev–Trinajstić information content (AvgIpc) is 1.78. The Morgan fingerprint density at radius 3 is 2.55 bits per heavy atom. The molecule has 3 N–H and O–H groups in total. The van der Waals surface area contributed by atoms with Crippen LogP contribution in [0.2, 0.25) is 0 Å². The van der Waals surface area contributed by atoms with Gasteiger partial charge < -0.3 is 5.73 Å². The second-order valence-electron chi connectivity index (χ2n) is 1.81. The van der Waals surface area contributed by atoms with Crippen LogP contribution in [-0.4, -0.2) is 28.8 Å². The number of hydrogen-bond donors (Lipinski definition) is 2. The van der Waals surface area contributed by atoms with Crippen molar-refractivity contribution >= 4 is 38.4 Å². The predicted octanol–water partition coefficient (Wildman–Crippen LogP) is 0.241. The molecule has 0 spiro atoms. The molecule has 0 atom stereocenters. The van der Waals surface area contributed by atoms with E-state index in [0.717, 1.165) is 0 Å². The van der Waals surface area contributed by atoms with Gasteiger partial charge >= 0.3 is 0 Å². The summed E-state index contributed by atoms with van der Waals surface area (Å²) in [5.41, 5.74) is 5.12. The maximum absolute atomic E-state index is 10.2. The third kappa shape index (κ3) is 10.2. The first kappa shape index (κ1) is 11.2. The molecule has 4 nitrogen and oxygen atoms in total. The normalized spacial score (nSPS) is 11.4. The molecule has 0 aliphatic rings. The molecule has 0 rings (SSSR count). The summed E-state index contributed by atoms with van der Waals surface area (Å²) in [4.78, 5) is 0. The van der Waals surface area contributed by atoms with E-state index in [1.807, 2.05) is 0 Å². The van der Waals surface area contributed by atoms with Gasteiger partial charge in [0.1, 0.15) is 4.32 Å². The Hall–Kier alpha value is 0.150. The van der Waals surface area contributed by atoms with Crippen molar-refractivity contribution in [2.75, 3.05) is 11.5 Å². The molecule has 11 heavy (non-hydrogen) atoms. The fraction of sp³-hybridized carbons (Fsp3) is 0.750. The van der Waals surface area contributed by atoms with Crippen LogP contribution in [0.25, 0.3) is 0 Å². The Kier molecular flexibility index (Phi) is 4.98. The van der Waals surface area contributed by atoms with Gasteiger partial charge in [-0.05, 0) is 6.42 Å². The maximum Gasteiger partial charge on any atom is 0.264 e. The van der Waals surface area contributed by atoms with Gasteiger partial charge in [0, 0.05) is 5.75 Å². The molecule has 0 saturated carbocycles. The molecule has 0 unspecified atom stereocenters. The van der Waals surface area contributed by atoms with Crippen LogP contribution in [0.1, 0.15) is 6.42 Å². The van der Waals surface area contributed by atoms with Gasteiger partial charge in [0.25, 0.3) is 10.1 Å². The molecule has 0 fully saturated rings. The molecule has 0 aliphatic carbocycles. The van der Waals surface area contributed by atoms with Crippen LogP contribution in [0.15, 0.2) is 0 Å². The third-order valence-electron chi connectivity index (χ3n) is 0.791. The van der Waals surface area contributed by atoms with Crippen LogP contribution in [-0.2, 0) is 10.1 Å². The number of hydrogen-bond acceptors (Lipinski definition) is 4. The lowest BCUT2D eigenvalue weighted by Gasteiger charge is -1.96. The molecule has 66 valence electrons. The van der Waals surface area contributed by atoms with E-state index in [-0.39, 0.29) is 5.75 Å². The smallest absolute Gasteiger partial charge is 0.264 e. The molecule has 0 saturated heterocycles. The predicted molar refractivity (Wildman–Crippen MR) is 50.3 cm³/mol. The highest BCUT2D eigenvalue weighted by Crippen LogP contribution is 2.02. The van der Waals surface area contributed by atoms with E-state index >= 15 is 0 Å². The molecule has 0 aromatic heterocycles. The molecule has 0 amide bonds. The Morgan fingerprint density at radius 2 is 2.18 bits per heavy atom. The van der Waals surface area contributed by atoms with Crippen molar-refractivity contribution in [3.05, 3.63) is 0 Å². The van der Waals surface area contributed by atoms with Gasteiger partial charge in [0.05, 0.1) is 5.75 Å². The van der Waals surface area contributed by atoms with Gasteiger partial charge in [-0.2, -0.15) is 8.42 Å². The molecule has 0 aromatic rings. The average molecular weight is 215 g/mol. The molecule has 0 aromatic carbocycles. The Morgan fingerprint density at radius 1 is 1.64 bits per heavy atom. The van der Waals surface area contributed by atoms with E-state index in [9.17, 15) is 8.42 Å². The quantitative estimate of drug-likeness (QED) is 0.397. The number of nitrogens with two attached hydrogens (primary N) is 1. The minimum Gasteiger partial charge on any atom is -0.385 e. The lowest BCUT2D eigenvalue weighted by Crippen LogP contribution is -2.07. The number of thioether (sulfide) groups is 1. The Labute approximate surface area is 75.3 Å². The lowest BCUT2D eigenvalue weighted by molar-refractivity contribution is 0.482. The molecule has 7 heteroatoms. The molecular weight excluding hydrogens is 206 g/mol. The maximum atomic E-state index is 10.2. The molecule has 0 radical (unpaired) electrons. The summed E-state index contributed by atoms with van der Waals surface area (Å²) in [6.45, 7) is 0. The standard InChI is InChI=1S/C4H9NO3S3/c5-4(9)10-2-1-3-11(6,7)8/h1-3H2,(H2,5,9)(H,6,7,8). The third-order valence-corrected chi connectivity index (χ3v) is 2.73. The van der Waals surface area contributed by atoms with Crippen molar-refractivity contribution in [1.82, 2.24) is 0 Å². The molecular formula is C4H9NO3S3. The topological polar surface area (TPSA) is 80.4 Å². The van der Waals surface area contributed by atoms with E-state index in [1.165, 1.54) is 11.8 Å². The zero-order valence-electron chi connectivity index (χ0n) is 5.69. The second kappa shape index (κ2) is 4.91. The van der Waals surface area contributed by atoms with E-state index in [0.29, 0.717) is 16.5 Å². The van der Waals surface area contributed by atoms with Crippen LogP contribution in [0.5, 0.6) is 0 Å². The van der Waals surface area contributed by atoms with E-state index < -0.39 is 10.1 Å². The Bertz CT molecular complexity index is 223. The summed E-state index contributed by atoms with van der Waals surface area (Å²) in [7, 11) is -3.82. The minimum absolute atomic E-state index is 0.234. The van der Waals surface area contributed by atoms with Crippen LogP contribution < -0.4 is 5.73 Å². The van der Waals surface area contributed by atoms with E-state index in [1.54, 1.807) is 0 Å². The SMILES string of the molecule is NC(=S)SCCCS(=O)(=O)O. The fourth-order valence-electron chi connectivity index (χ4n) is 0.414. The highest BCUT2D eigenvalue weighted by atomic mass is 32.2. The zero-order chi connectivity index (χ0) is 8.91. The summed E-state index contributed by atoms with van der Waals surface area (Å²) in [5, 5.41) is 0. The molecule has 0 aliphatic heterocycles. The summed E-state index contributed by atoms with van der Waals surface area (Å²) >= 11 is 5.74. The molecule has 0 bridgehead atoms. The van der Waals surface area contributed by atoms with Gasteiger partial charge in [0.2, 0.25) is 0 Å². The zero-order valence-corrected chi connectivity index (χ0v) is 8.14. The van der Waals surface area contributed by atoms with Crippen LogP contribution in [0.3, 0.4) is 0 Å². The van der Waals surface area contributed by atoms with Crippen LogP contribution in [0.4, 0.5) is 0 Å². The van der Waals surface area contributed by atoms with Crippen molar-refractivity contribution in [1.29, 1.82) is 0 Å². The van der Waals surface area contributed by atoms with Crippen molar-refractivity contribution in [2.24, 2.45) is 5.73 Å². The van der Waals surface area contributed by atoms with Crippen molar-refractivity contribution in [3.63, 3.8) is 0 Å². The largest absolute Gasteiger partial charge is 0.385 e. The van der Waals surface area contributed by atoms with Crippen molar-refractivity contribution in [3.8, 4) is 0 Å². The van der Waals surface area contributed by atoms with Gasteiger partial charge in [-0.3, -0.25) is 4.55 Å². The van der Waals surface area contributed by atoms with Gasteiger partial charge in [0.15, 0.2) is 0 Å².